The molecule has 0 fully saturated rings. The molecule has 0 aliphatic heterocycles. The Hall–Kier alpha value is -2.99. The maximum Gasteiger partial charge on any atom is 0.322 e. The van der Waals surface area contributed by atoms with Gasteiger partial charge in [-0.15, -0.1) is 0 Å². The maximum absolute atomic E-state index is 13.8. The van der Waals surface area contributed by atoms with Crippen LogP contribution in [-0.4, -0.2) is 27.6 Å². The van der Waals surface area contributed by atoms with Gasteiger partial charge in [0.1, 0.15) is 18.2 Å². The minimum absolute atomic E-state index is 0.00710. The van der Waals surface area contributed by atoms with E-state index in [1.807, 2.05) is 31.2 Å². The molecule has 2 aromatic carbocycles. The van der Waals surface area contributed by atoms with Crippen molar-refractivity contribution in [3.8, 4) is 22.6 Å². The quantitative estimate of drug-likeness (QED) is 0.695. The first-order valence-electron chi connectivity index (χ1n) is 7.79. The zero-order valence-corrected chi connectivity index (χ0v) is 14.6. The van der Waals surface area contributed by atoms with Crippen LogP contribution in [0.1, 0.15) is 5.56 Å². The number of carboxylic acid groups (broad SMARTS) is 1. The van der Waals surface area contributed by atoms with Crippen molar-refractivity contribution in [2.75, 3.05) is 11.9 Å². The first-order valence-corrected chi connectivity index (χ1v) is 8.17. The molecular weight excluding hydrogens is 357 g/mol. The number of hydrogen-bond acceptors (Lipinski definition) is 4. The van der Waals surface area contributed by atoms with E-state index < -0.39 is 11.8 Å². The van der Waals surface area contributed by atoms with Crippen LogP contribution in [0.15, 0.2) is 48.5 Å². The molecule has 0 amide bonds. The standard InChI is InChI=1S/C19H15ClFN3O2/c1-11-2-4-12(5-3-11)16-9-17(22-10-18(25)26)24-19(23-16)13-6-7-14(20)15(21)8-13/h2-9H,10H2,1H3,(H,25,26)(H,22,23,24). The van der Waals surface area contributed by atoms with E-state index in [9.17, 15) is 9.18 Å². The summed E-state index contributed by atoms with van der Waals surface area (Å²) < 4.78 is 13.8. The van der Waals surface area contributed by atoms with Gasteiger partial charge in [0.25, 0.3) is 0 Å². The van der Waals surface area contributed by atoms with E-state index in [0.29, 0.717) is 17.1 Å². The first-order chi connectivity index (χ1) is 12.4. The molecule has 0 saturated carbocycles. The Morgan fingerprint density at radius 2 is 1.81 bits per heavy atom. The Morgan fingerprint density at radius 3 is 2.46 bits per heavy atom. The van der Waals surface area contributed by atoms with E-state index in [1.54, 1.807) is 12.1 Å². The summed E-state index contributed by atoms with van der Waals surface area (Å²) in [5, 5.41) is 11.6. The molecule has 0 bridgehead atoms. The van der Waals surface area contributed by atoms with E-state index in [1.165, 1.54) is 12.1 Å². The highest BCUT2D eigenvalue weighted by molar-refractivity contribution is 6.30. The van der Waals surface area contributed by atoms with Crippen LogP contribution in [-0.2, 0) is 4.79 Å². The first kappa shape index (κ1) is 17.8. The minimum atomic E-state index is -1.01. The third-order valence-corrected chi connectivity index (χ3v) is 3.98. The SMILES string of the molecule is Cc1ccc(-c2cc(NCC(=O)O)nc(-c3ccc(Cl)c(F)c3)n2)cc1. The summed E-state index contributed by atoms with van der Waals surface area (Å²) >= 11 is 5.73. The molecule has 0 saturated heterocycles. The van der Waals surface area contributed by atoms with Crippen LogP contribution in [0.4, 0.5) is 10.2 Å². The van der Waals surface area contributed by atoms with Gasteiger partial charge >= 0.3 is 5.97 Å². The van der Waals surface area contributed by atoms with E-state index in [2.05, 4.69) is 15.3 Å². The third kappa shape index (κ3) is 4.15. The minimum Gasteiger partial charge on any atom is -0.480 e. The van der Waals surface area contributed by atoms with Crippen LogP contribution in [0.3, 0.4) is 0 Å². The Labute approximate surface area is 154 Å². The number of carboxylic acids is 1. The molecule has 1 aromatic heterocycles. The van der Waals surface area contributed by atoms with Crippen LogP contribution in [0, 0.1) is 12.7 Å². The zero-order valence-electron chi connectivity index (χ0n) is 13.8. The van der Waals surface area contributed by atoms with Gasteiger partial charge in [0.15, 0.2) is 5.82 Å². The van der Waals surface area contributed by atoms with E-state index in [4.69, 9.17) is 16.7 Å². The molecule has 0 spiro atoms. The number of benzene rings is 2. The molecule has 5 nitrogen and oxygen atoms in total. The molecule has 2 N–H and O–H groups in total. The molecule has 0 radical (unpaired) electrons. The predicted molar refractivity (Wildman–Crippen MR) is 98.7 cm³/mol. The molecule has 7 heteroatoms. The van der Waals surface area contributed by atoms with Crippen LogP contribution in [0.5, 0.6) is 0 Å². The zero-order chi connectivity index (χ0) is 18.7. The normalized spacial score (nSPS) is 10.6. The summed E-state index contributed by atoms with van der Waals surface area (Å²) in [6.07, 6.45) is 0. The predicted octanol–water partition coefficient (Wildman–Crippen LogP) is 4.41. The van der Waals surface area contributed by atoms with Gasteiger partial charge in [-0.1, -0.05) is 41.4 Å². The molecule has 0 aliphatic rings. The van der Waals surface area contributed by atoms with Crippen LogP contribution in [0.25, 0.3) is 22.6 Å². The van der Waals surface area contributed by atoms with Crippen LogP contribution >= 0.6 is 11.6 Å². The molecule has 3 rings (SSSR count). The van der Waals surface area contributed by atoms with Gasteiger partial charge in [-0.3, -0.25) is 4.79 Å². The summed E-state index contributed by atoms with van der Waals surface area (Å²) in [5.74, 6) is -0.983. The number of aromatic nitrogens is 2. The summed E-state index contributed by atoms with van der Waals surface area (Å²) in [4.78, 5) is 19.6. The second kappa shape index (κ2) is 7.49. The second-order valence-electron chi connectivity index (χ2n) is 5.70. The lowest BCUT2D eigenvalue weighted by Crippen LogP contribution is -2.13. The van der Waals surface area contributed by atoms with Crippen molar-refractivity contribution in [3.05, 3.63) is 64.9 Å². The van der Waals surface area contributed by atoms with Crippen molar-refractivity contribution in [1.82, 2.24) is 9.97 Å². The fourth-order valence-electron chi connectivity index (χ4n) is 2.34. The highest BCUT2D eigenvalue weighted by Crippen LogP contribution is 2.26. The summed E-state index contributed by atoms with van der Waals surface area (Å²) in [5.41, 5.74) is 2.98. The third-order valence-electron chi connectivity index (χ3n) is 3.67. The van der Waals surface area contributed by atoms with Crippen molar-refractivity contribution < 1.29 is 14.3 Å². The van der Waals surface area contributed by atoms with Gasteiger partial charge in [0, 0.05) is 17.2 Å². The lowest BCUT2D eigenvalue weighted by molar-refractivity contribution is -0.134. The van der Waals surface area contributed by atoms with Gasteiger partial charge in [-0.2, -0.15) is 0 Å². The topological polar surface area (TPSA) is 75.1 Å². The Bertz CT molecular complexity index is 961. The van der Waals surface area contributed by atoms with Crippen LogP contribution < -0.4 is 5.32 Å². The molecule has 0 unspecified atom stereocenters. The average Bonchev–Trinajstić information content (AvgIpc) is 2.62. The Balaban J connectivity index is 2.08. The summed E-state index contributed by atoms with van der Waals surface area (Å²) in [6.45, 7) is 1.68. The smallest absolute Gasteiger partial charge is 0.322 e. The van der Waals surface area contributed by atoms with E-state index in [0.717, 1.165) is 11.1 Å². The van der Waals surface area contributed by atoms with Gasteiger partial charge < -0.3 is 10.4 Å². The van der Waals surface area contributed by atoms with E-state index >= 15 is 0 Å². The number of nitrogens with one attached hydrogen (secondary N) is 1. The maximum atomic E-state index is 13.8. The number of aliphatic carboxylic acids is 1. The number of anilines is 1. The molecule has 3 aromatic rings. The van der Waals surface area contributed by atoms with Crippen molar-refractivity contribution in [1.29, 1.82) is 0 Å². The number of halogens is 2. The lowest BCUT2D eigenvalue weighted by Gasteiger charge is -2.10. The monoisotopic (exact) mass is 371 g/mol. The number of aryl methyl sites for hydroxylation is 1. The van der Waals surface area contributed by atoms with Crippen molar-refractivity contribution >= 4 is 23.4 Å². The van der Waals surface area contributed by atoms with E-state index in [-0.39, 0.29) is 17.4 Å². The van der Waals surface area contributed by atoms with Crippen LogP contribution in [0.2, 0.25) is 5.02 Å². The highest BCUT2D eigenvalue weighted by Gasteiger charge is 2.11. The molecule has 0 atom stereocenters. The Kier molecular flexibility index (Phi) is 5.14. The van der Waals surface area contributed by atoms with Gasteiger partial charge in [0.2, 0.25) is 0 Å². The number of carbonyl (C=O) groups is 1. The second-order valence-corrected chi connectivity index (χ2v) is 6.11. The van der Waals surface area contributed by atoms with Gasteiger partial charge in [-0.25, -0.2) is 14.4 Å². The largest absolute Gasteiger partial charge is 0.480 e. The van der Waals surface area contributed by atoms with Gasteiger partial charge in [-0.05, 0) is 25.1 Å². The molecular formula is C19H15ClFN3O2. The van der Waals surface area contributed by atoms with Crippen molar-refractivity contribution in [2.24, 2.45) is 0 Å². The molecule has 132 valence electrons. The number of nitrogens with zero attached hydrogens (tertiary/aromatic N) is 2. The molecule has 26 heavy (non-hydrogen) atoms. The molecule has 1 heterocycles. The van der Waals surface area contributed by atoms with Gasteiger partial charge in [0.05, 0.1) is 10.7 Å². The van der Waals surface area contributed by atoms with Crippen molar-refractivity contribution in [2.45, 2.75) is 6.92 Å². The fourth-order valence-corrected chi connectivity index (χ4v) is 2.46. The van der Waals surface area contributed by atoms with Crippen molar-refractivity contribution in [3.63, 3.8) is 0 Å². The Morgan fingerprint density at radius 1 is 1.12 bits per heavy atom. The summed E-state index contributed by atoms with van der Waals surface area (Å²) in [6, 6.07) is 13.7. The fraction of sp³-hybridized carbons (Fsp3) is 0.105. The highest BCUT2D eigenvalue weighted by atomic mass is 35.5. The lowest BCUT2D eigenvalue weighted by atomic mass is 10.1. The summed E-state index contributed by atoms with van der Waals surface area (Å²) in [7, 11) is 0. The molecule has 0 aliphatic carbocycles. The number of hydrogen-bond donors (Lipinski definition) is 2. The number of rotatable bonds is 5. The average molecular weight is 372 g/mol.